The lowest BCUT2D eigenvalue weighted by molar-refractivity contribution is -0.129. The summed E-state index contributed by atoms with van der Waals surface area (Å²) in [6, 6.07) is 18.5. The van der Waals surface area contributed by atoms with Crippen LogP contribution in [0.1, 0.15) is 43.0 Å². The summed E-state index contributed by atoms with van der Waals surface area (Å²) < 4.78 is 1.85. The third kappa shape index (κ3) is 6.30. The SMILES string of the molecule is CC(C)CC(=O)NC(C(=O)NCc1cccc(Cn2cccn2)c1)c1ccccc1. The lowest BCUT2D eigenvalue weighted by Gasteiger charge is -2.20. The minimum Gasteiger partial charge on any atom is -0.350 e. The van der Waals surface area contributed by atoms with Crippen molar-refractivity contribution in [1.82, 2.24) is 20.4 Å². The fourth-order valence-corrected chi connectivity index (χ4v) is 3.25. The highest BCUT2D eigenvalue weighted by Gasteiger charge is 2.22. The zero-order valence-corrected chi connectivity index (χ0v) is 17.4. The second-order valence-electron chi connectivity index (χ2n) is 7.75. The maximum atomic E-state index is 12.9. The minimum absolute atomic E-state index is 0.129. The van der Waals surface area contributed by atoms with Crippen LogP contribution >= 0.6 is 0 Å². The van der Waals surface area contributed by atoms with Gasteiger partial charge >= 0.3 is 0 Å². The predicted molar refractivity (Wildman–Crippen MR) is 116 cm³/mol. The van der Waals surface area contributed by atoms with Crippen molar-refractivity contribution in [3.63, 3.8) is 0 Å². The summed E-state index contributed by atoms with van der Waals surface area (Å²) in [7, 11) is 0. The van der Waals surface area contributed by atoms with Crippen molar-refractivity contribution in [3.05, 3.63) is 89.7 Å². The molecule has 1 unspecified atom stereocenters. The minimum atomic E-state index is -0.718. The summed E-state index contributed by atoms with van der Waals surface area (Å²) in [5.74, 6) is -0.131. The third-order valence-corrected chi connectivity index (χ3v) is 4.66. The van der Waals surface area contributed by atoms with Gasteiger partial charge in [0.1, 0.15) is 6.04 Å². The van der Waals surface area contributed by atoms with Gasteiger partial charge in [-0.25, -0.2) is 0 Å². The molecule has 0 saturated heterocycles. The van der Waals surface area contributed by atoms with Crippen molar-refractivity contribution in [1.29, 1.82) is 0 Å². The molecule has 0 aliphatic heterocycles. The molecule has 0 radical (unpaired) electrons. The topological polar surface area (TPSA) is 76.0 Å². The first-order chi connectivity index (χ1) is 14.5. The van der Waals surface area contributed by atoms with Crippen LogP contribution in [0.15, 0.2) is 73.1 Å². The second-order valence-corrected chi connectivity index (χ2v) is 7.75. The zero-order valence-electron chi connectivity index (χ0n) is 17.4. The van der Waals surface area contributed by atoms with E-state index in [2.05, 4.69) is 21.8 Å². The van der Waals surface area contributed by atoms with Gasteiger partial charge in [-0.1, -0.05) is 68.4 Å². The van der Waals surface area contributed by atoms with E-state index in [0.29, 0.717) is 19.5 Å². The molecule has 0 fully saturated rings. The molecule has 6 heteroatoms. The average molecular weight is 405 g/mol. The van der Waals surface area contributed by atoms with Gasteiger partial charge in [0.2, 0.25) is 11.8 Å². The molecule has 2 N–H and O–H groups in total. The van der Waals surface area contributed by atoms with Crippen LogP contribution in [0, 0.1) is 5.92 Å². The molecule has 0 aliphatic rings. The van der Waals surface area contributed by atoms with Crippen molar-refractivity contribution in [2.24, 2.45) is 5.92 Å². The fraction of sp³-hybridized carbons (Fsp3) is 0.292. The number of hydrogen-bond donors (Lipinski definition) is 2. The van der Waals surface area contributed by atoms with Crippen molar-refractivity contribution < 1.29 is 9.59 Å². The van der Waals surface area contributed by atoms with Gasteiger partial charge in [0.25, 0.3) is 0 Å². The lowest BCUT2D eigenvalue weighted by Crippen LogP contribution is -2.40. The first-order valence-electron chi connectivity index (χ1n) is 10.2. The first-order valence-corrected chi connectivity index (χ1v) is 10.2. The molecule has 2 aromatic carbocycles. The van der Waals surface area contributed by atoms with E-state index in [9.17, 15) is 9.59 Å². The maximum Gasteiger partial charge on any atom is 0.247 e. The van der Waals surface area contributed by atoms with E-state index in [1.807, 2.05) is 79.3 Å². The number of nitrogens with zero attached hydrogens (tertiary/aromatic N) is 2. The Hall–Kier alpha value is -3.41. The van der Waals surface area contributed by atoms with Gasteiger partial charge in [-0.3, -0.25) is 14.3 Å². The van der Waals surface area contributed by atoms with Gasteiger partial charge in [0.05, 0.1) is 6.54 Å². The van der Waals surface area contributed by atoms with Gasteiger partial charge < -0.3 is 10.6 Å². The zero-order chi connectivity index (χ0) is 21.3. The van der Waals surface area contributed by atoms with E-state index in [0.717, 1.165) is 16.7 Å². The van der Waals surface area contributed by atoms with Gasteiger partial charge in [-0.05, 0) is 28.7 Å². The van der Waals surface area contributed by atoms with E-state index in [1.54, 1.807) is 6.20 Å². The Kier molecular flexibility index (Phi) is 7.38. The molecule has 1 heterocycles. The third-order valence-electron chi connectivity index (χ3n) is 4.66. The number of hydrogen-bond acceptors (Lipinski definition) is 3. The molecule has 30 heavy (non-hydrogen) atoms. The molecule has 6 nitrogen and oxygen atoms in total. The molecular weight excluding hydrogens is 376 g/mol. The predicted octanol–water partition coefficient (Wildman–Crippen LogP) is 3.45. The summed E-state index contributed by atoms with van der Waals surface area (Å²) in [6.07, 6.45) is 4.05. The molecular formula is C24H28N4O2. The molecule has 0 bridgehead atoms. The van der Waals surface area contributed by atoms with Gasteiger partial charge in [-0.15, -0.1) is 0 Å². The Morgan fingerprint density at radius 3 is 2.47 bits per heavy atom. The van der Waals surface area contributed by atoms with E-state index in [-0.39, 0.29) is 17.7 Å². The number of nitrogens with one attached hydrogen (secondary N) is 2. The van der Waals surface area contributed by atoms with Crippen molar-refractivity contribution in [3.8, 4) is 0 Å². The number of rotatable bonds is 9. The fourth-order valence-electron chi connectivity index (χ4n) is 3.25. The highest BCUT2D eigenvalue weighted by Crippen LogP contribution is 2.15. The number of aromatic nitrogens is 2. The van der Waals surface area contributed by atoms with E-state index in [1.165, 1.54) is 0 Å². The van der Waals surface area contributed by atoms with Gasteiger partial charge in [-0.2, -0.15) is 5.10 Å². The molecule has 0 aliphatic carbocycles. The number of carbonyl (C=O) groups is 2. The van der Waals surface area contributed by atoms with Crippen LogP contribution in [0.5, 0.6) is 0 Å². The maximum absolute atomic E-state index is 12.9. The van der Waals surface area contributed by atoms with Crippen LogP contribution in [0.25, 0.3) is 0 Å². The summed E-state index contributed by atoms with van der Waals surface area (Å²) in [4.78, 5) is 25.3. The van der Waals surface area contributed by atoms with E-state index >= 15 is 0 Å². The van der Waals surface area contributed by atoms with Crippen LogP contribution in [-0.4, -0.2) is 21.6 Å². The van der Waals surface area contributed by atoms with E-state index in [4.69, 9.17) is 0 Å². The molecule has 1 atom stereocenters. The molecule has 3 rings (SSSR count). The number of benzene rings is 2. The molecule has 156 valence electrons. The van der Waals surface area contributed by atoms with Crippen LogP contribution in [-0.2, 0) is 22.7 Å². The Balaban J connectivity index is 1.66. The molecule has 0 spiro atoms. The summed E-state index contributed by atoms with van der Waals surface area (Å²) in [6.45, 7) is 5.02. The Bertz CT molecular complexity index is 952. The Morgan fingerprint density at radius 2 is 1.77 bits per heavy atom. The van der Waals surface area contributed by atoms with Crippen LogP contribution < -0.4 is 10.6 Å². The summed E-state index contributed by atoms with van der Waals surface area (Å²) in [5, 5.41) is 10.1. The largest absolute Gasteiger partial charge is 0.350 e. The van der Waals surface area contributed by atoms with Crippen LogP contribution in [0.4, 0.5) is 0 Å². The Labute approximate surface area is 177 Å². The van der Waals surface area contributed by atoms with Gasteiger partial charge in [0.15, 0.2) is 0 Å². The summed E-state index contributed by atoms with van der Waals surface area (Å²) >= 11 is 0. The number of carbonyl (C=O) groups excluding carboxylic acids is 2. The summed E-state index contributed by atoms with van der Waals surface area (Å²) in [5.41, 5.74) is 2.86. The highest BCUT2D eigenvalue weighted by molar-refractivity contribution is 5.88. The first kappa shape index (κ1) is 21.3. The Morgan fingerprint density at radius 1 is 1.00 bits per heavy atom. The van der Waals surface area contributed by atoms with Crippen molar-refractivity contribution in [2.75, 3.05) is 0 Å². The molecule has 1 aromatic heterocycles. The quantitative estimate of drug-likeness (QED) is 0.574. The normalized spacial score (nSPS) is 11.8. The van der Waals surface area contributed by atoms with Gasteiger partial charge in [0, 0.05) is 25.4 Å². The lowest BCUT2D eigenvalue weighted by atomic mass is 10.0. The van der Waals surface area contributed by atoms with Crippen molar-refractivity contribution >= 4 is 11.8 Å². The molecule has 0 saturated carbocycles. The smallest absolute Gasteiger partial charge is 0.247 e. The second kappa shape index (κ2) is 10.4. The molecule has 3 aromatic rings. The van der Waals surface area contributed by atoms with Crippen LogP contribution in [0.2, 0.25) is 0 Å². The van der Waals surface area contributed by atoms with Crippen LogP contribution in [0.3, 0.4) is 0 Å². The standard InChI is InChI=1S/C24H28N4O2/c1-18(2)14-22(29)27-23(21-10-4-3-5-11-21)24(30)25-16-19-8-6-9-20(15-19)17-28-13-7-12-26-28/h3-13,15,18,23H,14,16-17H2,1-2H3,(H,25,30)(H,27,29). The van der Waals surface area contributed by atoms with E-state index < -0.39 is 6.04 Å². The van der Waals surface area contributed by atoms with Crippen molar-refractivity contribution in [2.45, 2.75) is 39.4 Å². The average Bonchev–Trinajstić information content (AvgIpc) is 3.24. The number of amides is 2. The molecule has 2 amide bonds. The highest BCUT2D eigenvalue weighted by atomic mass is 16.2. The monoisotopic (exact) mass is 404 g/mol.